The number of aryl methyl sites for hydroxylation is 1. The molecule has 3 nitrogen and oxygen atoms in total. The lowest BCUT2D eigenvalue weighted by molar-refractivity contribution is 0.103. The van der Waals surface area contributed by atoms with E-state index in [0.717, 1.165) is 28.0 Å². The van der Waals surface area contributed by atoms with Crippen molar-refractivity contribution in [2.45, 2.75) is 46.7 Å². The van der Waals surface area contributed by atoms with Crippen molar-refractivity contribution in [3.05, 3.63) is 100 Å². The first-order chi connectivity index (χ1) is 15.7. The van der Waals surface area contributed by atoms with E-state index < -0.39 is 5.67 Å². The standard InChI is InChI=1S/C29H31FN2O/c1-6-8-9-24(25-18-27(32-7-2)19(3)16-26(25)29(4,5)30)21-10-11-22(17-21)28(33)20-12-14-23(31)15-13-20/h6-16,18H,17,31H2,1-5H3/b8-6-,24-9+,32-7?. The number of carbonyl (C=O) groups excluding carboxylic acids is 1. The molecule has 1 aliphatic carbocycles. The fraction of sp³-hybridized carbons (Fsp3) is 0.241. The average molecular weight is 443 g/mol. The fourth-order valence-electron chi connectivity index (χ4n) is 3.94. The van der Waals surface area contributed by atoms with Gasteiger partial charge in [0.2, 0.25) is 0 Å². The summed E-state index contributed by atoms with van der Waals surface area (Å²) in [5, 5.41) is 0. The first kappa shape index (κ1) is 24.1. The number of Topliss-reactive ketones (excluding diaryl/α,β-unsaturated/α-hetero) is 1. The molecule has 0 fully saturated rings. The van der Waals surface area contributed by atoms with Crippen molar-refractivity contribution in [1.82, 2.24) is 0 Å². The Balaban J connectivity index is 2.04. The molecule has 33 heavy (non-hydrogen) atoms. The molecule has 1 aliphatic rings. The van der Waals surface area contributed by atoms with Crippen LogP contribution in [0.25, 0.3) is 5.57 Å². The molecule has 2 aromatic rings. The van der Waals surface area contributed by atoms with Gasteiger partial charge in [-0.15, -0.1) is 0 Å². The predicted octanol–water partition coefficient (Wildman–Crippen LogP) is 7.60. The van der Waals surface area contributed by atoms with Crippen LogP contribution in [-0.2, 0) is 5.67 Å². The topological polar surface area (TPSA) is 55.5 Å². The van der Waals surface area contributed by atoms with Gasteiger partial charge in [-0.1, -0.05) is 36.4 Å². The number of carbonyl (C=O) groups is 1. The second kappa shape index (κ2) is 9.95. The Labute approximate surface area is 195 Å². The average Bonchev–Trinajstić information content (AvgIpc) is 3.25. The summed E-state index contributed by atoms with van der Waals surface area (Å²) in [6.07, 6.45) is 11.9. The molecule has 2 aromatic carbocycles. The predicted molar refractivity (Wildman–Crippen MR) is 138 cm³/mol. The highest BCUT2D eigenvalue weighted by Crippen LogP contribution is 2.41. The molecule has 2 N–H and O–H groups in total. The summed E-state index contributed by atoms with van der Waals surface area (Å²) in [7, 11) is 0. The Hall–Kier alpha value is -3.53. The van der Waals surface area contributed by atoms with Gasteiger partial charge in [-0.2, -0.15) is 0 Å². The van der Waals surface area contributed by atoms with Crippen molar-refractivity contribution in [2.24, 2.45) is 4.99 Å². The number of nitrogens with zero attached hydrogens (tertiary/aromatic N) is 1. The van der Waals surface area contributed by atoms with Gasteiger partial charge in [0.05, 0.1) is 5.69 Å². The summed E-state index contributed by atoms with van der Waals surface area (Å²) in [6, 6.07) is 10.8. The van der Waals surface area contributed by atoms with Crippen molar-refractivity contribution in [1.29, 1.82) is 0 Å². The minimum atomic E-state index is -1.54. The maximum absolute atomic E-state index is 15.3. The van der Waals surface area contributed by atoms with Gasteiger partial charge in [-0.3, -0.25) is 9.79 Å². The quantitative estimate of drug-likeness (QED) is 0.208. The number of nitrogen functional groups attached to an aromatic ring is 1. The molecule has 170 valence electrons. The van der Waals surface area contributed by atoms with Gasteiger partial charge < -0.3 is 5.73 Å². The van der Waals surface area contributed by atoms with E-state index in [2.05, 4.69) is 4.99 Å². The van der Waals surface area contributed by atoms with Gasteiger partial charge in [-0.25, -0.2) is 4.39 Å². The van der Waals surface area contributed by atoms with E-state index in [-0.39, 0.29) is 5.78 Å². The summed E-state index contributed by atoms with van der Waals surface area (Å²) >= 11 is 0. The Morgan fingerprint density at radius 1 is 1.09 bits per heavy atom. The Morgan fingerprint density at radius 3 is 2.36 bits per heavy atom. The Kier molecular flexibility index (Phi) is 7.27. The third-order valence-corrected chi connectivity index (χ3v) is 5.67. The lowest BCUT2D eigenvalue weighted by Gasteiger charge is -2.23. The number of aliphatic imine (C=N–C) groups is 1. The summed E-state index contributed by atoms with van der Waals surface area (Å²) in [4.78, 5) is 17.5. The first-order valence-corrected chi connectivity index (χ1v) is 11.1. The molecule has 0 bridgehead atoms. The number of ketones is 1. The van der Waals surface area contributed by atoms with E-state index in [1.165, 1.54) is 0 Å². The van der Waals surface area contributed by atoms with Gasteiger partial charge in [0.25, 0.3) is 0 Å². The molecule has 3 rings (SSSR count). The smallest absolute Gasteiger partial charge is 0.189 e. The van der Waals surface area contributed by atoms with E-state index >= 15 is 4.39 Å². The van der Waals surface area contributed by atoms with Crippen LogP contribution in [0.2, 0.25) is 0 Å². The van der Waals surface area contributed by atoms with Crippen molar-refractivity contribution in [3.63, 3.8) is 0 Å². The SMILES string of the molecule is CC=Nc1cc(/C(=C/C=C\C)C2=CC=C(C(=O)c3ccc(N)cc3)C2)c(C(C)(C)F)cc1C. The van der Waals surface area contributed by atoms with E-state index in [4.69, 9.17) is 5.73 Å². The zero-order valence-electron chi connectivity index (χ0n) is 19.9. The monoisotopic (exact) mass is 442 g/mol. The van der Waals surface area contributed by atoms with E-state index in [1.54, 1.807) is 44.3 Å². The molecule has 4 heteroatoms. The number of allylic oxidation sites excluding steroid dienone is 8. The van der Waals surface area contributed by atoms with Gasteiger partial charge in [0, 0.05) is 29.5 Å². The number of nitrogens with two attached hydrogens (primary N) is 1. The highest BCUT2D eigenvalue weighted by molar-refractivity contribution is 6.10. The van der Waals surface area contributed by atoms with Crippen molar-refractivity contribution in [2.75, 3.05) is 5.73 Å². The van der Waals surface area contributed by atoms with Crippen LogP contribution in [0.4, 0.5) is 15.8 Å². The fourth-order valence-corrected chi connectivity index (χ4v) is 3.94. The van der Waals surface area contributed by atoms with Crippen LogP contribution in [0.3, 0.4) is 0 Å². The summed E-state index contributed by atoms with van der Waals surface area (Å²) in [5.41, 5.74) is 11.1. The molecule has 0 aromatic heterocycles. The lowest BCUT2D eigenvalue weighted by Crippen LogP contribution is -2.13. The number of hydrogen-bond donors (Lipinski definition) is 1. The van der Waals surface area contributed by atoms with Crippen molar-refractivity contribution in [3.8, 4) is 0 Å². The Bertz CT molecular complexity index is 1200. The highest BCUT2D eigenvalue weighted by Gasteiger charge is 2.28. The normalized spacial score (nSPS) is 14.8. The van der Waals surface area contributed by atoms with Crippen LogP contribution in [0, 0.1) is 6.92 Å². The molecule has 0 unspecified atom stereocenters. The number of benzene rings is 2. The minimum absolute atomic E-state index is 0.0298. The third-order valence-electron chi connectivity index (χ3n) is 5.67. The molecule has 0 saturated heterocycles. The van der Waals surface area contributed by atoms with Crippen molar-refractivity contribution >= 4 is 28.9 Å². The van der Waals surface area contributed by atoms with Gasteiger partial charge >= 0.3 is 0 Å². The molecule has 0 heterocycles. The van der Waals surface area contributed by atoms with Crippen LogP contribution >= 0.6 is 0 Å². The lowest BCUT2D eigenvalue weighted by atomic mass is 9.84. The summed E-state index contributed by atoms with van der Waals surface area (Å²) < 4.78 is 15.3. The number of alkyl halides is 1. The highest BCUT2D eigenvalue weighted by atomic mass is 19.1. The second-order valence-corrected chi connectivity index (χ2v) is 8.66. The second-order valence-electron chi connectivity index (χ2n) is 8.66. The largest absolute Gasteiger partial charge is 0.399 e. The van der Waals surface area contributed by atoms with Gasteiger partial charge in [0.1, 0.15) is 5.67 Å². The third kappa shape index (κ3) is 5.46. The number of halogens is 1. The van der Waals surface area contributed by atoms with E-state index in [0.29, 0.717) is 28.8 Å². The maximum Gasteiger partial charge on any atom is 0.189 e. The van der Waals surface area contributed by atoms with E-state index in [9.17, 15) is 4.79 Å². The van der Waals surface area contributed by atoms with Crippen LogP contribution in [0.15, 0.2) is 82.9 Å². The maximum atomic E-state index is 15.3. The first-order valence-electron chi connectivity index (χ1n) is 11.1. The zero-order valence-corrected chi connectivity index (χ0v) is 19.9. The number of anilines is 1. The summed E-state index contributed by atoms with van der Waals surface area (Å²) in [5.74, 6) is -0.0298. The summed E-state index contributed by atoms with van der Waals surface area (Å²) in [6.45, 7) is 8.88. The number of hydrogen-bond acceptors (Lipinski definition) is 3. The molecular weight excluding hydrogens is 411 g/mol. The molecule has 0 saturated carbocycles. The molecular formula is C29H31FN2O. The molecule has 0 atom stereocenters. The van der Waals surface area contributed by atoms with Gasteiger partial charge in [-0.05, 0) is 92.8 Å². The van der Waals surface area contributed by atoms with E-state index in [1.807, 2.05) is 63.3 Å². The Morgan fingerprint density at radius 2 is 1.76 bits per heavy atom. The van der Waals surface area contributed by atoms with Gasteiger partial charge in [0.15, 0.2) is 5.78 Å². The number of rotatable bonds is 7. The van der Waals surface area contributed by atoms with Crippen LogP contribution in [-0.4, -0.2) is 12.0 Å². The molecule has 0 spiro atoms. The van der Waals surface area contributed by atoms with Crippen LogP contribution in [0.5, 0.6) is 0 Å². The molecule has 0 amide bonds. The van der Waals surface area contributed by atoms with Crippen LogP contribution < -0.4 is 5.73 Å². The molecule has 0 radical (unpaired) electrons. The van der Waals surface area contributed by atoms with Crippen molar-refractivity contribution < 1.29 is 9.18 Å². The zero-order chi connectivity index (χ0) is 24.2. The minimum Gasteiger partial charge on any atom is -0.399 e. The van der Waals surface area contributed by atoms with Crippen LogP contribution in [0.1, 0.15) is 61.2 Å². The molecule has 0 aliphatic heterocycles.